The minimum Gasteiger partial charge on any atom is -0.497 e. The Kier molecular flexibility index (Phi) is 7.49. The minimum atomic E-state index is -1.00. The van der Waals surface area contributed by atoms with Crippen molar-refractivity contribution >= 4 is 11.7 Å². The van der Waals surface area contributed by atoms with Gasteiger partial charge in [0, 0.05) is 6.42 Å². The maximum atomic E-state index is 10.5. The molecule has 0 aliphatic rings. The van der Waals surface area contributed by atoms with E-state index in [2.05, 4.69) is 5.16 Å². The number of carboxylic acid groups (broad SMARTS) is 1. The Morgan fingerprint density at radius 3 is 2.27 bits per heavy atom. The first kappa shape index (κ1) is 19.3. The Morgan fingerprint density at radius 2 is 1.69 bits per heavy atom. The lowest BCUT2D eigenvalue weighted by Gasteiger charge is -2.07. The van der Waals surface area contributed by atoms with Crippen molar-refractivity contribution in [1.29, 1.82) is 0 Å². The Labute approximate surface area is 153 Å². The monoisotopic (exact) mass is 357 g/mol. The van der Waals surface area contributed by atoms with Gasteiger partial charge in [0.25, 0.3) is 0 Å². The highest BCUT2D eigenvalue weighted by molar-refractivity contribution is 6.00. The van der Waals surface area contributed by atoms with E-state index in [0.717, 1.165) is 35.4 Å². The van der Waals surface area contributed by atoms with Gasteiger partial charge in [0.1, 0.15) is 18.1 Å². The van der Waals surface area contributed by atoms with Crippen molar-refractivity contribution in [2.24, 2.45) is 5.16 Å². The average Bonchev–Trinajstić information content (AvgIpc) is 2.67. The maximum absolute atomic E-state index is 10.5. The van der Waals surface area contributed by atoms with Gasteiger partial charge >= 0.3 is 5.97 Å². The molecule has 26 heavy (non-hydrogen) atoms. The van der Waals surface area contributed by atoms with E-state index in [-0.39, 0.29) is 6.61 Å². The molecule has 0 aliphatic heterocycles. The van der Waals surface area contributed by atoms with Crippen LogP contribution in [0.4, 0.5) is 0 Å². The van der Waals surface area contributed by atoms with Crippen LogP contribution >= 0.6 is 0 Å². The first-order chi connectivity index (χ1) is 12.6. The molecule has 0 bridgehead atoms. The van der Waals surface area contributed by atoms with Crippen LogP contribution in [0.5, 0.6) is 11.5 Å². The summed E-state index contributed by atoms with van der Waals surface area (Å²) in [7, 11) is 1.64. The van der Waals surface area contributed by atoms with Crippen LogP contribution in [0, 0.1) is 0 Å². The van der Waals surface area contributed by atoms with Gasteiger partial charge in [-0.1, -0.05) is 24.2 Å². The van der Waals surface area contributed by atoms with Crippen molar-refractivity contribution < 1.29 is 24.2 Å². The average molecular weight is 357 g/mol. The van der Waals surface area contributed by atoms with Crippen molar-refractivity contribution in [1.82, 2.24) is 0 Å². The lowest BCUT2D eigenvalue weighted by Crippen LogP contribution is -2.09. The normalized spacial score (nSPS) is 11.1. The van der Waals surface area contributed by atoms with Crippen molar-refractivity contribution in [2.75, 3.05) is 20.3 Å². The van der Waals surface area contributed by atoms with Crippen LogP contribution in [0.3, 0.4) is 0 Å². The lowest BCUT2D eigenvalue weighted by atomic mass is 10.1. The molecule has 6 heteroatoms. The third-order valence-corrected chi connectivity index (χ3v) is 3.70. The molecular weight excluding hydrogens is 334 g/mol. The highest BCUT2D eigenvalue weighted by Gasteiger charge is 2.04. The fourth-order valence-corrected chi connectivity index (χ4v) is 2.29. The number of aliphatic carboxylic acids is 1. The van der Waals surface area contributed by atoms with Crippen molar-refractivity contribution in [3.63, 3.8) is 0 Å². The second kappa shape index (κ2) is 10.1. The Bertz CT molecular complexity index is 723. The Morgan fingerprint density at radius 1 is 1.04 bits per heavy atom. The third-order valence-electron chi connectivity index (χ3n) is 3.70. The van der Waals surface area contributed by atoms with E-state index >= 15 is 0 Å². The first-order valence-corrected chi connectivity index (χ1v) is 8.39. The van der Waals surface area contributed by atoms with Gasteiger partial charge in [-0.05, 0) is 53.9 Å². The molecule has 2 rings (SSSR count). The highest BCUT2D eigenvalue weighted by atomic mass is 16.6. The zero-order valence-corrected chi connectivity index (χ0v) is 15.0. The first-order valence-electron chi connectivity index (χ1n) is 8.39. The van der Waals surface area contributed by atoms with E-state index in [1.54, 1.807) is 19.2 Å². The number of hydrogen-bond acceptors (Lipinski definition) is 5. The lowest BCUT2D eigenvalue weighted by molar-refractivity contribution is -0.139. The fraction of sp³-hybridized carbons (Fsp3) is 0.300. The number of nitrogens with zero attached hydrogens (tertiary/aromatic N) is 1. The largest absolute Gasteiger partial charge is 0.497 e. The van der Waals surface area contributed by atoms with E-state index in [4.69, 9.17) is 19.4 Å². The molecular formula is C20H23NO5. The summed E-state index contributed by atoms with van der Waals surface area (Å²) < 4.78 is 10.3. The minimum absolute atomic E-state index is 0.359. The van der Waals surface area contributed by atoms with Crippen LogP contribution in [-0.2, 0) is 16.1 Å². The van der Waals surface area contributed by atoms with Crippen molar-refractivity contribution in [3.8, 4) is 11.5 Å². The molecule has 6 nitrogen and oxygen atoms in total. The van der Waals surface area contributed by atoms with E-state index in [9.17, 15) is 4.79 Å². The second-order valence-corrected chi connectivity index (χ2v) is 5.53. The van der Waals surface area contributed by atoms with Gasteiger partial charge in [-0.3, -0.25) is 0 Å². The summed E-state index contributed by atoms with van der Waals surface area (Å²) >= 11 is 0. The SMILES string of the molecule is CCC(=NOCCc1ccc(OC)cc1)c1ccc(OCC(=O)O)cc1. The number of rotatable bonds is 10. The fourth-order valence-electron chi connectivity index (χ4n) is 2.29. The molecule has 0 aliphatic carbocycles. The zero-order chi connectivity index (χ0) is 18.8. The topological polar surface area (TPSA) is 77.3 Å². The van der Waals surface area contributed by atoms with Crippen LogP contribution in [-0.4, -0.2) is 37.1 Å². The van der Waals surface area contributed by atoms with Crippen molar-refractivity contribution in [3.05, 3.63) is 59.7 Å². The van der Waals surface area contributed by atoms with Crippen LogP contribution in [0.25, 0.3) is 0 Å². The summed E-state index contributed by atoms with van der Waals surface area (Å²) in [5, 5.41) is 12.8. The summed E-state index contributed by atoms with van der Waals surface area (Å²) in [5.74, 6) is 0.332. The van der Waals surface area contributed by atoms with E-state index in [1.807, 2.05) is 43.3 Å². The molecule has 0 amide bonds. The summed E-state index contributed by atoms with van der Waals surface area (Å²) in [6, 6.07) is 15.0. The van der Waals surface area contributed by atoms with E-state index in [0.29, 0.717) is 12.4 Å². The highest BCUT2D eigenvalue weighted by Crippen LogP contribution is 2.15. The molecule has 138 valence electrons. The van der Waals surface area contributed by atoms with Gasteiger partial charge in [0.2, 0.25) is 0 Å². The van der Waals surface area contributed by atoms with Crippen LogP contribution in [0.1, 0.15) is 24.5 Å². The molecule has 0 heterocycles. The summed E-state index contributed by atoms with van der Waals surface area (Å²) in [6.45, 7) is 2.12. The standard InChI is InChI=1S/C20H23NO5/c1-3-19(16-6-10-18(11-7-16)25-14-20(22)23)21-26-13-12-15-4-8-17(24-2)9-5-15/h4-11H,3,12-14H2,1-2H3,(H,22,23). The molecule has 0 unspecified atom stereocenters. The zero-order valence-electron chi connectivity index (χ0n) is 15.0. The Hall–Kier alpha value is -3.02. The van der Waals surface area contributed by atoms with Crippen molar-refractivity contribution in [2.45, 2.75) is 19.8 Å². The summed E-state index contributed by atoms with van der Waals surface area (Å²) in [5.41, 5.74) is 2.89. The molecule has 0 radical (unpaired) electrons. The molecule has 1 N–H and O–H groups in total. The number of hydrogen-bond donors (Lipinski definition) is 1. The van der Waals surface area contributed by atoms with Gasteiger partial charge in [-0.15, -0.1) is 0 Å². The molecule has 0 fully saturated rings. The molecule has 0 saturated carbocycles. The van der Waals surface area contributed by atoms with E-state index < -0.39 is 5.97 Å². The van der Waals surface area contributed by atoms with Gasteiger partial charge in [-0.2, -0.15) is 0 Å². The third kappa shape index (κ3) is 6.12. The molecule has 0 atom stereocenters. The molecule has 0 spiro atoms. The number of ether oxygens (including phenoxy) is 2. The molecule has 2 aromatic carbocycles. The number of methoxy groups -OCH3 is 1. The van der Waals surface area contributed by atoms with Gasteiger partial charge in [0.15, 0.2) is 6.61 Å². The van der Waals surface area contributed by atoms with Gasteiger partial charge in [0.05, 0.1) is 12.8 Å². The van der Waals surface area contributed by atoms with E-state index in [1.165, 1.54) is 0 Å². The number of benzene rings is 2. The predicted molar refractivity (Wildman–Crippen MR) is 99.1 cm³/mol. The quantitative estimate of drug-likeness (QED) is 0.400. The predicted octanol–water partition coefficient (Wildman–Crippen LogP) is 3.53. The number of carboxylic acids is 1. The van der Waals surface area contributed by atoms with Crippen LogP contribution < -0.4 is 9.47 Å². The molecule has 2 aromatic rings. The van der Waals surface area contributed by atoms with Gasteiger partial charge < -0.3 is 19.4 Å². The van der Waals surface area contributed by atoms with Crippen LogP contribution in [0.15, 0.2) is 53.7 Å². The number of carbonyl (C=O) groups is 1. The summed E-state index contributed by atoms with van der Waals surface area (Å²) in [4.78, 5) is 16.0. The number of oxime groups is 1. The van der Waals surface area contributed by atoms with Gasteiger partial charge in [-0.25, -0.2) is 4.79 Å². The Balaban J connectivity index is 1.87. The molecule has 0 saturated heterocycles. The maximum Gasteiger partial charge on any atom is 0.341 e. The van der Waals surface area contributed by atoms with Crippen LogP contribution in [0.2, 0.25) is 0 Å². The molecule has 0 aromatic heterocycles. The summed E-state index contributed by atoms with van der Waals surface area (Å²) in [6.07, 6.45) is 1.48. The second-order valence-electron chi connectivity index (χ2n) is 5.53. The smallest absolute Gasteiger partial charge is 0.341 e.